The number of benzene rings is 3. The van der Waals surface area contributed by atoms with Gasteiger partial charge in [-0.1, -0.05) is 48.5 Å². The van der Waals surface area contributed by atoms with Crippen molar-refractivity contribution in [2.75, 3.05) is 0 Å². The van der Waals surface area contributed by atoms with Crippen molar-refractivity contribution < 1.29 is 0 Å². The van der Waals surface area contributed by atoms with Gasteiger partial charge in [0.25, 0.3) is 0 Å². The quantitative estimate of drug-likeness (QED) is 0.584. The van der Waals surface area contributed by atoms with E-state index < -0.39 is 0 Å². The van der Waals surface area contributed by atoms with E-state index in [0.29, 0.717) is 0 Å². The molecule has 21 heavy (non-hydrogen) atoms. The largest absolute Gasteiger partial charge is 0.345 e. The highest BCUT2D eigenvalue weighted by Crippen LogP contribution is 2.18. The van der Waals surface area contributed by atoms with Crippen molar-refractivity contribution in [1.82, 2.24) is 9.97 Å². The highest BCUT2D eigenvalue weighted by atomic mass is 14.9. The van der Waals surface area contributed by atoms with E-state index in [2.05, 4.69) is 70.6 Å². The molecule has 0 spiro atoms. The molecule has 1 heterocycles. The SMILES string of the molecule is c1ccc2cc(CCc3ccc4nc[nH]c4c3)ccc2c1. The fourth-order valence-electron chi connectivity index (χ4n) is 2.82. The summed E-state index contributed by atoms with van der Waals surface area (Å²) in [6.45, 7) is 0. The molecule has 1 aromatic heterocycles. The normalized spacial score (nSPS) is 11.2. The third kappa shape index (κ3) is 2.40. The standard InChI is InChI=1S/C19H16N2/c1-2-4-17-11-14(7-9-16(17)3-1)5-6-15-8-10-18-19(12-15)21-13-20-18/h1-4,7-13H,5-6H2,(H,20,21). The number of aromatic nitrogens is 2. The minimum absolute atomic E-state index is 1.03. The first-order chi connectivity index (χ1) is 10.4. The number of rotatable bonds is 3. The van der Waals surface area contributed by atoms with Crippen molar-refractivity contribution in [3.63, 3.8) is 0 Å². The van der Waals surface area contributed by atoms with Gasteiger partial charge >= 0.3 is 0 Å². The summed E-state index contributed by atoms with van der Waals surface area (Å²) in [7, 11) is 0. The van der Waals surface area contributed by atoms with Gasteiger partial charge in [-0.15, -0.1) is 0 Å². The number of imidazole rings is 1. The number of H-pyrrole nitrogens is 1. The first-order valence-electron chi connectivity index (χ1n) is 7.28. The average molecular weight is 272 g/mol. The number of nitrogens with one attached hydrogen (secondary N) is 1. The molecule has 3 aromatic carbocycles. The maximum absolute atomic E-state index is 4.26. The van der Waals surface area contributed by atoms with Crippen LogP contribution in [-0.4, -0.2) is 9.97 Å². The summed E-state index contributed by atoms with van der Waals surface area (Å²) >= 11 is 0. The molecular weight excluding hydrogens is 256 g/mol. The number of aromatic amines is 1. The van der Waals surface area contributed by atoms with Crippen LogP contribution < -0.4 is 0 Å². The second kappa shape index (κ2) is 5.06. The Bertz CT molecular complexity index is 905. The van der Waals surface area contributed by atoms with Gasteiger partial charge in [-0.3, -0.25) is 0 Å². The van der Waals surface area contributed by atoms with Crippen LogP contribution in [0.25, 0.3) is 21.8 Å². The lowest BCUT2D eigenvalue weighted by Gasteiger charge is -2.04. The molecule has 0 aliphatic rings. The minimum atomic E-state index is 1.03. The fraction of sp³-hybridized carbons (Fsp3) is 0.105. The van der Waals surface area contributed by atoms with Gasteiger partial charge in [0.05, 0.1) is 17.4 Å². The first kappa shape index (κ1) is 12.2. The van der Waals surface area contributed by atoms with Crippen LogP contribution in [0.3, 0.4) is 0 Å². The number of fused-ring (bicyclic) bond motifs is 2. The Kier molecular flexibility index (Phi) is 2.93. The summed E-state index contributed by atoms with van der Waals surface area (Å²) < 4.78 is 0. The molecule has 0 aliphatic carbocycles. The topological polar surface area (TPSA) is 28.7 Å². The van der Waals surface area contributed by atoms with Crippen LogP contribution in [0.5, 0.6) is 0 Å². The van der Waals surface area contributed by atoms with E-state index in [1.165, 1.54) is 21.9 Å². The Morgan fingerprint density at radius 2 is 1.52 bits per heavy atom. The maximum Gasteiger partial charge on any atom is 0.0931 e. The van der Waals surface area contributed by atoms with Gasteiger partial charge in [0.1, 0.15) is 0 Å². The van der Waals surface area contributed by atoms with E-state index >= 15 is 0 Å². The maximum atomic E-state index is 4.26. The van der Waals surface area contributed by atoms with E-state index in [1.54, 1.807) is 6.33 Å². The lowest BCUT2D eigenvalue weighted by Crippen LogP contribution is -1.91. The van der Waals surface area contributed by atoms with Crippen LogP contribution in [-0.2, 0) is 12.8 Å². The van der Waals surface area contributed by atoms with Crippen molar-refractivity contribution >= 4 is 21.8 Å². The highest BCUT2D eigenvalue weighted by Gasteiger charge is 2.01. The molecule has 0 saturated heterocycles. The van der Waals surface area contributed by atoms with Crippen molar-refractivity contribution in [3.8, 4) is 0 Å². The van der Waals surface area contributed by atoms with E-state index in [-0.39, 0.29) is 0 Å². The van der Waals surface area contributed by atoms with Gasteiger partial charge in [0, 0.05) is 0 Å². The van der Waals surface area contributed by atoms with Gasteiger partial charge in [-0.2, -0.15) is 0 Å². The Morgan fingerprint density at radius 1 is 0.762 bits per heavy atom. The van der Waals surface area contributed by atoms with E-state index in [4.69, 9.17) is 0 Å². The van der Waals surface area contributed by atoms with Crippen molar-refractivity contribution in [2.45, 2.75) is 12.8 Å². The summed E-state index contributed by atoms with van der Waals surface area (Å²) in [4.78, 5) is 7.43. The van der Waals surface area contributed by atoms with Gasteiger partial charge in [-0.05, 0) is 46.9 Å². The molecule has 2 heteroatoms. The Morgan fingerprint density at radius 3 is 2.43 bits per heavy atom. The molecule has 0 amide bonds. The molecule has 0 unspecified atom stereocenters. The molecule has 0 fully saturated rings. The lowest BCUT2D eigenvalue weighted by atomic mass is 10.0. The van der Waals surface area contributed by atoms with Gasteiger partial charge < -0.3 is 4.98 Å². The predicted octanol–water partition coefficient (Wildman–Crippen LogP) is 4.50. The van der Waals surface area contributed by atoms with Crippen molar-refractivity contribution in [3.05, 3.63) is 78.1 Å². The third-order valence-electron chi connectivity index (χ3n) is 4.00. The van der Waals surface area contributed by atoms with Gasteiger partial charge in [0.15, 0.2) is 0 Å². The molecule has 0 atom stereocenters. The third-order valence-corrected chi connectivity index (χ3v) is 4.00. The zero-order chi connectivity index (χ0) is 14.1. The molecule has 0 saturated carbocycles. The zero-order valence-electron chi connectivity index (χ0n) is 11.7. The molecule has 1 N–H and O–H groups in total. The minimum Gasteiger partial charge on any atom is -0.345 e. The van der Waals surface area contributed by atoms with Crippen molar-refractivity contribution in [1.29, 1.82) is 0 Å². The van der Waals surface area contributed by atoms with Crippen LogP contribution >= 0.6 is 0 Å². The summed E-state index contributed by atoms with van der Waals surface area (Å²) in [5.74, 6) is 0. The summed E-state index contributed by atoms with van der Waals surface area (Å²) in [5, 5.41) is 2.62. The molecule has 2 nitrogen and oxygen atoms in total. The smallest absolute Gasteiger partial charge is 0.0931 e. The van der Waals surface area contributed by atoms with Crippen LogP contribution in [0.1, 0.15) is 11.1 Å². The summed E-state index contributed by atoms with van der Waals surface area (Å²) in [5.41, 5.74) is 4.88. The van der Waals surface area contributed by atoms with Crippen LogP contribution in [0, 0.1) is 0 Å². The molecule has 4 rings (SSSR count). The van der Waals surface area contributed by atoms with Crippen LogP contribution in [0.15, 0.2) is 67.0 Å². The second-order valence-electron chi connectivity index (χ2n) is 5.44. The average Bonchev–Trinajstić information content (AvgIpc) is 3.00. The van der Waals surface area contributed by atoms with Crippen molar-refractivity contribution in [2.24, 2.45) is 0 Å². The van der Waals surface area contributed by atoms with Gasteiger partial charge in [-0.25, -0.2) is 4.98 Å². The molecule has 0 radical (unpaired) electrons. The van der Waals surface area contributed by atoms with E-state index in [1.807, 2.05) is 0 Å². The molecule has 0 bridgehead atoms. The number of aryl methyl sites for hydroxylation is 2. The van der Waals surface area contributed by atoms with Crippen LogP contribution in [0.4, 0.5) is 0 Å². The zero-order valence-corrected chi connectivity index (χ0v) is 11.7. The van der Waals surface area contributed by atoms with Gasteiger partial charge in [0.2, 0.25) is 0 Å². The fourth-order valence-corrected chi connectivity index (χ4v) is 2.82. The number of hydrogen-bond acceptors (Lipinski definition) is 1. The second-order valence-corrected chi connectivity index (χ2v) is 5.44. The highest BCUT2D eigenvalue weighted by molar-refractivity contribution is 5.83. The predicted molar refractivity (Wildman–Crippen MR) is 87.4 cm³/mol. The molecule has 4 aromatic rings. The first-order valence-corrected chi connectivity index (χ1v) is 7.28. The summed E-state index contributed by atoms with van der Waals surface area (Å²) in [6, 6.07) is 21.7. The molecular formula is C19H16N2. The van der Waals surface area contributed by atoms with Crippen LogP contribution in [0.2, 0.25) is 0 Å². The number of nitrogens with zero attached hydrogens (tertiary/aromatic N) is 1. The lowest BCUT2D eigenvalue weighted by molar-refractivity contribution is 0.964. The Hall–Kier alpha value is -2.61. The molecule has 0 aliphatic heterocycles. The Balaban J connectivity index is 1.56. The number of hydrogen-bond donors (Lipinski definition) is 1. The monoisotopic (exact) mass is 272 g/mol. The summed E-state index contributed by atoms with van der Waals surface area (Å²) in [6.07, 6.45) is 3.86. The Labute approximate surface area is 123 Å². The molecule has 102 valence electrons. The van der Waals surface area contributed by atoms with E-state index in [0.717, 1.165) is 23.9 Å². The van der Waals surface area contributed by atoms with E-state index in [9.17, 15) is 0 Å².